The van der Waals surface area contributed by atoms with E-state index in [0.717, 1.165) is 21.5 Å². The highest BCUT2D eigenvalue weighted by atomic mass is 79.9. The van der Waals surface area contributed by atoms with Gasteiger partial charge in [0.2, 0.25) is 0 Å². The standard InChI is InChI=1S/C13H17BrClN3/c1-3-8(2)18-12(7-17-13(18)16)10-5-4-9(14)6-11(10)15/h4-6,8,12H,3,7H2,1-2H3,(H2,16,17). The van der Waals surface area contributed by atoms with E-state index in [4.69, 9.17) is 17.3 Å². The molecule has 0 radical (unpaired) electrons. The van der Waals surface area contributed by atoms with Gasteiger partial charge in [-0.05, 0) is 31.0 Å². The summed E-state index contributed by atoms with van der Waals surface area (Å²) < 4.78 is 0.984. The van der Waals surface area contributed by atoms with E-state index in [0.29, 0.717) is 18.5 Å². The van der Waals surface area contributed by atoms with Gasteiger partial charge in [0.15, 0.2) is 5.96 Å². The number of guanidine groups is 1. The largest absolute Gasteiger partial charge is 0.370 e. The molecule has 1 aliphatic heterocycles. The maximum Gasteiger partial charge on any atom is 0.192 e. The normalized spacial score (nSPS) is 21.0. The maximum absolute atomic E-state index is 6.32. The van der Waals surface area contributed by atoms with Gasteiger partial charge in [0, 0.05) is 15.5 Å². The van der Waals surface area contributed by atoms with Crippen LogP contribution in [-0.2, 0) is 0 Å². The second-order valence-electron chi connectivity index (χ2n) is 4.55. The molecule has 0 aliphatic carbocycles. The van der Waals surface area contributed by atoms with Crippen LogP contribution in [0.2, 0.25) is 5.02 Å². The maximum atomic E-state index is 6.32. The Kier molecular flexibility index (Phi) is 4.17. The van der Waals surface area contributed by atoms with Gasteiger partial charge in [0.1, 0.15) is 0 Å². The van der Waals surface area contributed by atoms with Crippen LogP contribution in [0.15, 0.2) is 27.7 Å². The van der Waals surface area contributed by atoms with E-state index in [1.54, 1.807) is 0 Å². The minimum absolute atomic E-state index is 0.153. The smallest absolute Gasteiger partial charge is 0.192 e. The molecule has 3 nitrogen and oxygen atoms in total. The number of nitrogens with zero attached hydrogens (tertiary/aromatic N) is 2. The van der Waals surface area contributed by atoms with Crippen molar-refractivity contribution in [3.05, 3.63) is 33.3 Å². The van der Waals surface area contributed by atoms with Gasteiger partial charge in [-0.3, -0.25) is 4.99 Å². The van der Waals surface area contributed by atoms with Crippen molar-refractivity contribution in [3.8, 4) is 0 Å². The van der Waals surface area contributed by atoms with Crippen molar-refractivity contribution in [1.29, 1.82) is 0 Å². The summed E-state index contributed by atoms with van der Waals surface area (Å²) in [6.45, 7) is 4.99. The van der Waals surface area contributed by atoms with Crippen LogP contribution in [0.4, 0.5) is 0 Å². The third-order valence-corrected chi connectivity index (χ3v) is 4.23. The SMILES string of the molecule is CCC(C)N1C(N)=NCC1c1ccc(Br)cc1Cl. The van der Waals surface area contributed by atoms with Crippen molar-refractivity contribution in [2.45, 2.75) is 32.4 Å². The Bertz CT molecular complexity index is 475. The Morgan fingerprint density at radius 1 is 1.61 bits per heavy atom. The number of hydrogen-bond donors (Lipinski definition) is 1. The number of aliphatic imine (C=N–C) groups is 1. The first-order chi connectivity index (χ1) is 8.54. The first-order valence-electron chi connectivity index (χ1n) is 6.07. The summed E-state index contributed by atoms with van der Waals surface area (Å²) in [7, 11) is 0. The van der Waals surface area contributed by atoms with Crippen LogP contribution < -0.4 is 5.73 Å². The van der Waals surface area contributed by atoms with Crippen LogP contribution in [0.25, 0.3) is 0 Å². The summed E-state index contributed by atoms with van der Waals surface area (Å²) in [6.07, 6.45) is 1.03. The molecule has 0 aromatic heterocycles. The highest BCUT2D eigenvalue weighted by Gasteiger charge is 2.31. The molecule has 0 amide bonds. The van der Waals surface area contributed by atoms with Gasteiger partial charge >= 0.3 is 0 Å². The summed E-state index contributed by atoms with van der Waals surface area (Å²) in [4.78, 5) is 6.52. The molecule has 2 rings (SSSR count). The fourth-order valence-electron chi connectivity index (χ4n) is 2.26. The molecular weight excluding hydrogens is 314 g/mol. The number of rotatable bonds is 3. The Morgan fingerprint density at radius 2 is 2.33 bits per heavy atom. The highest BCUT2D eigenvalue weighted by Crippen LogP contribution is 2.34. The summed E-state index contributed by atoms with van der Waals surface area (Å²) in [5.74, 6) is 0.619. The van der Waals surface area contributed by atoms with Gasteiger partial charge in [-0.2, -0.15) is 0 Å². The lowest BCUT2D eigenvalue weighted by atomic mass is 10.0. The molecule has 1 aromatic rings. The lowest BCUT2D eigenvalue weighted by Gasteiger charge is -2.32. The zero-order valence-electron chi connectivity index (χ0n) is 10.5. The van der Waals surface area contributed by atoms with E-state index >= 15 is 0 Å². The summed E-state index contributed by atoms with van der Waals surface area (Å²) in [5.41, 5.74) is 7.07. The van der Waals surface area contributed by atoms with E-state index in [-0.39, 0.29) is 6.04 Å². The van der Waals surface area contributed by atoms with Gasteiger partial charge in [-0.1, -0.05) is 40.5 Å². The molecule has 0 bridgehead atoms. The molecule has 0 saturated carbocycles. The summed E-state index contributed by atoms with van der Waals surface area (Å²) >= 11 is 9.75. The fourth-order valence-corrected chi connectivity index (χ4v) is 3.06. The third kappa shape index (κ3) is 2.50. The second kappa shape index (κ2) is 5.49. The van der Waals surface area contributed by atoms with Crippen molar-refractivity contribution in [3.63, 3.8) is 0 Å². The molecule has 1 aliphatic rings. The van der Waals surface area contributed by atoms with E-state index in [9.17, 15) is 0 Å². The molecule has 5 heteroatoms. The number of hydrogen-bond acceptors (Lipinski definition) is 3. The van der Waals surface area contributed by atoms with Crippen molar-refractivity contribution in [2.24, 2.45) is 10.7 Å². The minimum Gasteiger partial charge on any atom is -0.370 e. The molecule has 2 N–H and O–H groups in total. The molecule has 2 unspecified atom stereocenters. The zero-order valence-corrected chi connectivity index (χ0v) is 12.9. The fraction of sp³-hybridized carbons (Fsp3) is 0.462. The Morgan fingerprint density at radius 3 is 2.94 bits per heavy atom. The van der Waals surface area contributed by atoms with E-state index < -0.39 is 0 Å². The van der Waals surface area contributed by atoms with Gasteiger partial charge in [0.05, 0.1) is 12.6 Å². The molecule has 1 aromatic carbocycles. The van der Waals surface area contributed by atoms with Gasteiger partial charge in [0.25, 0.3) is 0 Å². The predicted octanol–water partition coefficient (Wildman–Crippen LogP) is 3.57. The van der Waals surface area contributed by atoms with Crippen LogP contribution in [-0.4, -0.2) is 23.4 Å². The minimum atomic E-state index is 0.153. The molecule has 0 fully saturated rings. The lowest BCUT2D eigenvalue weighted by molar-refractivity contribution is 0.268. The van der Waals surface area contributed by atoms with Crippen LogP contribution in [0, 0.1) is 0 Å². The third-order valence-electron chi connectivity index (χ3n) is 3.41. The first-order valence-corrected chi connectivity index (χ1v) is 7.25. The van der Waals surface area contributed by atoms with Crippen LogP contribution in [0.1, 0.15) is 31.9 Å². The first kappa shape index (κ1) is 13.7. The Balaban J connectivity index is 2.33. The predicted molar refractivity (Wildman–Crippen MR) is 80.0 cm³/mol. The monoisotopic (exact) mass is 329 g/mol. The van der Waals surface area contributed by atoms with E-state index in [1.165, 1.54) is 0 Å². The van der Waals surface area contributed by atoms with Gasteiger partial charge in [-0.15, -0.1) is 0 Å². The van der Waals surface area contributed by atoms with E-state index in [1.807, 2.05) is 18.2 Å². The van der Waals surface area contributed by atoms with E-state index in [2.05, 4.69) is 39.7 Å². The number of halogens is 2. The molecule has 0 saturated heterocycles. The van der Waals surface area contributed by atoms with Crippen molar-refractivity contribution < 1.29 is 0 Å². The number of benzene rings is 1. The van der Waals surface area contributed by atoms with Crippen molar-refractivity contribution in [2.75, 3.05) is 6.54 Å². The summed E-state index contributed by atoms with van der Waals surface area (Å²) in [6, 6.07) is 6.48. The summed E-state index contributed by atoms with van der Waals surface area (Å²) in [5, 5.41) is 0.757. The Labute approximate surface area is 121 Å². The molecule has 1 heterocycles. The zero-order chi connectivity index (χ0) is 13.3. The average molecular weight is 331 g/mol. The quantitative estimate of drug-likeness (QED) is 0.920. The van der Waals surface area contributed by atoms with Crippen molar-refractivity contribution in [1.82, 2.24) is 4.90 Å². The topological polar surface area (TPSA) is 41.6 Å². The van der Waals surface area contributed by atoms with Crippen molar-refractivity contribution >= 4 is 33.5 Å². The van der Waals surface area contributed by atoms with Crippen LogP contribution >= 0.6 is 27.5 Å². The van der Waals surface area contributed by atoms with Gasteiger partial charge in [-0.25, -0.2) is 0 Å². The molecule has 0 spiro atoms. The lowest BCUT2D eigenvalue weighted by Crippen LogP contribution is -2.42. The Hall–Kier alpha value is -0.740. The van der Waals surface area contributed by atoms with Crippen LogP contribution in [0.3, 0.4) is 0 Å². The van der Waals surface area contributed by atoms with Gasteiger partial charge < -0.3 is 10.6 Å². The van der Waals surface area contributed by atoms with Crippen LogP contribution in [0.5, 0.6) is 0 Å². The molecule has 18 heavy (non-hydrogen) atoms. The second-order valence-corrected chi connectivity index (χ2v) is 5.87. The molecule has 2 atom stereocenters. The highest BCUT2D eigenvalue weighted by molar-refractivity contribution is 9.10. The molecule has 98 valence electrons. The number of nitrogens with two attached hydrogens (primary N) is 1. The molecular formula is C13H17BrClN3. The average Bonchev–Trinajstić information content (AvgIpc) is 2.70.